The van der Waals surface area contributed by atoms with Crippen molar-refractivity contribution >= 4 is 34.8 Å². The molecule has 3 rings (SSSR count). The van der Waals surface area contributed by atoms with Crippen molar-refractivity contribution < 1.29 is 4.79 Å². The van der Waals surface area contributed by atoms with Crippen LogP contribution in [0.3, 0.4) is 0 Å². The molecule has 23 heavy (non-hydrogen) atoms. The smallest absolute Gasteiger partial charge is 0.256 e. The fourth-order valence-corrected chi connectivity index (χ4v) is 3.01. The molecule has 0 fully saturated rings. The number of halogens is 1. The predicted octanol–water partition coefficient (Wildman–Crippen LogP) is 5.08. The van der Waals surface area contributed by atoms with E-state index in [1.807, 2.05) is 18.2 Å². The molecule has 2 nitrogen and oxygen atoms in total. The lowest BCUT2D eigenvalue weighted by Crippen LogP contribution is -2.03. The quantitative estimate of drug-likeness (QED) is 0.616. The molecule has 2 aromatic carbocycles. The van der Waals surface area contributed by atoms with Crippen LogP contribution in [0.5, 0.6) is 0 Å². The normalized spacial score (nSPS) is 15.1. The van der Waals surface area contributed by atoms with Gasteiger partial charge in [0.25, 0.3) is 5.91 Å². The molecule has 0 aliphatic carbocycles. The summed E-state index contributed by atoms with van der Waals surface area (Å²) < 4.78 is 0. The Morgan fingerprint density at radius 3 is 2.52 bits per heavy atom. The van der Waals surface area contributed by atoms with E-state index in [1.165, 1.54) is 5.56 Å². The van der Waals surface area contributed by atoms with E-state index in [1.54, 1.807) is 0 Å². The van der Waals surface area contributed by atoms with E-state index in [-0.39, 0.29) is 5.91 Å². The van der Waals surface area contributed by atoms with Gasteiger partial charge >= 0.3 is 0 Å². The van der Waals surface area contributed by atoms with E-state index >= 15 is 0 Å². The Labute approximate surface area is 142 Å². The zero-order chi connectivity index (χ0) is 16.4. The number of hydrogen-bond acceptors (Lipinski definition) is 1. The lowest BCUT2D eigenvalue weighted by molar-refractivity contribution is -0.110. The minimum absolute atomic E-state index is 0.0454. The minimum Gasteiger partial charge on any atom is -0.321 e. The molecule has 0 saturated heterocycles. The van der Waals surface area contributed by atoms with Crippen LogP contribution < -0.4 is 5.32 Å². The van der Waals surface area contributed by atoms with Gasteiger partial charge in [-0.15, -0.1) is 11.6 Å². The first-order valence-corrected chi connectivity index (χ1v) is 8.44. The van der Waals surface area contributed by atoms with E-state index < -0.39 is 0 Å². The van der Waals surface area contributed by atoms with Crippen LogP contribution in [0, 0.1) is 0 Å². The van der Waals surface area contributed by atoms with Crippen molar-refractivity contribution in [3.05, 3.63) is 64.7 Å². The fourth-order valence-electron chi connectivity index (χ4n) is 2.79. The van der Waals surface area contributed by atoms with Crippen LogP contribution in [0.15, 0.2) is 42.5 Å². The number of amides is 1. The average Bonchev–Trinajstić information content (AvgIpc) is 2.84. The van der Waals surface area contributed by atoms with E-state index in [0.717, 1.165) is 28.8 Å². The van der Waals surface area contributed by atoms with Crippen molar-refractivity contribution in [3.63, 3.8) is 0 Å². The van der Waals surface area contributed by atoms with Crippen molar-refractivity contribution in [2.75, 3.05) is 11.2 Å². The summed E-state index contributed by atoms with van der Waals surface area (Å²) in [5.41, 5.74) is 6.04. The topological polar surface area (TPSA) is 29.1 Å². The number of carbonyl (C=O) groups excluding carboxylic acids is 1. The van der Waals surface area contributed by atoms with Gasteiger partial charge in [-0.2, -0.15) is 0 Å². The molecule has 0 spiro atoms. The number of alkyl halides is 1. The molecule has 0 aromatic heterocycles. The minimum atomic E-state index is -0.0454. The summed E-state index contributed by atoms with van der Waals surface area (Å²) in [6.07, 6.45) is 2.76. The molecule has 1 amide bonds. The Morgan fingerprint density at radius 2 is 1.87 bits per heavy atom. The Bertz CT molecular complexity index is 760. The van der Waals surface area contributed by atoms with Crippen LogP contribution in [0.25, 0.3) is 11.6 Å². The fraction of sp³-hybridized carbons (Fsp3) is 0.250. The van der Waals surface area contributed by atoms with E-state index in [2.05, 4.69) is 49.5 Å². The monoisotopic (exact) mass is 325 g/mol. The second-order valence-corrected chi connectivity index (χ2v) is 6.53. The molecule has 1 aliphatic rings. The van der Waals surface area contributed by atoms with Gasteiger partial charge in [0.2, 0.25) is 0 Å². The largest absolute Gasteiger partial charge is 0.321 e. The Balaban J connectivity index is 1.97. The second kappa shape index (κ2) is 6.59. The molecule has 0 bridgehead atoms. The summed E-state index contributed by atoms with van der Waals surface area (Å²) >= 11 is 5.82. The van der Waals surface area contributed by atoms with Gasteiger partial charge in [-0.05, 0) is 47.2 Å². The van der Waals surface area contributed by atoms with Gasteiger partial charge in [0.15, 0.2) is 0 Å². The molecule has 118 valence electrons. The number of benzene rings is 2. The Morgan fingerprint density at radius 1 is 1.13 bits per heavy atom. The molecule has 1 aliphatic heterocycles. The maximum Gasteiger partial charge on any atom is 0.256 e. The summed E-state index contributed by atoms with van der Waals surface area (Å²) in [6.45, 7) is 4.35. The molecule has 3 heteroatoms. The second-order valence-electron chi connectivity index (χ2n) is 6.15. The number of carbonyl (C=O) groups is 1. The van der Waals surface area contributed by atoms with Crippen molar-refractivity contribution in [1.29, 1.82) is 0 Å². The molecule has 0 saturated carbocycles. The first kappa shape index (κ1) is 15.8. The lowest BCUT2D eigenvalue weighted by Gasteiger charge is -2.06. The molecular weight excluding hydrogens is 306 g/mol. The van der Waals surface area contributed by atoms with Crippen LogP contribution in [-0.2, 0) is 11.2 Å². The average molecular weight is 326 g/mol. The van der Waals surface area contributed by atoms with E-state index in [4.69, 9.17) is 11.6 Å². The van der Waals surface area contributed by atoms with E-state index in [9.17, 15) is 4.79 Å². The molecule has 2 aromatic rings. The number of hydrogen-bond donors (Lipinski definition) is 1. The molecule has 0 atom stereocenters. The summed E-state index contributed by atoms with van der Waals surface area (Å²) in [4.78, 5) is 12.3. The van der Waals surface area contributed by atoms with Crippen LogP contribution in [0.1, 0.15) is 42.0 Å². The molecular formula is C20H20ClNO. The van der Waals surface area contributed by atoms with Crippen LogP contribution in [0.4, 0.5) is 5.69 Å². The molecule has 0 unspecified atom stereocenters. The van der Waals surface area contributed by atoms with Gasteiger partial charge in [-0.25, -0.2) is 0 Å². The highest BCUT2D eigenvalue weighted by Gasteiger charge is 2.24. The van der Waals surface area contributed by atoms with Crippen LogP contribution >= 0.6 is 11.6 Å². The molecule has 0 radical (unpaired) electrons. The van der Waals surface area contributed by atoms with Crippen LogP contribution in [0.2, 0.25) is 0 Å². The predicted molar refractivity (Wildman–Crippen MR) is 97.9 cm³/mol. The van der Waals surface area contributed by atoms with Gasteiger partial charge < -0.3 is 5.32 Å². The standard InChI is InChI=1S/C20H20ClNO/c1-13(2)16-6-3-14(4-7-16)12-18-17-11-15(9-10-21)5-8-19(17)22-20(18)23/h3-8,11-13H,9-10H2,1-2H3,(H,22,23). The maximum absolute atomic E-state index is 12.3. The number of rotatable bonds is 4. The van der Waals surface area contributed by atoms with Gasteiger partial charge in [0.05, 0.1) is 0 Å². The molecule has 1 heterocycles. The van der Waals surface area contributed by atoms with Crippen molar-refractivity contribution in [3.8, 4) is 0 Å². The summed E-state index contributed by atoms with van der Waals surface area (Å²) in [5, 5.41) is 2.93. The molecule has 1 N–H and O–H groups in total. The zero-order valence-electron chi connectivity index (χ0n) is 13.4. The highest BCUT2D eigenvalue weighted by Crippen LogP contribution is 2.34. The number of anilines is 1. The van der Waals surface area contributed by atoms with Crippen molar-refractivity contribution in [1.82, 2.24) is 0 Å². The van der Waals surface area contributed by atoms with Gasteiger partial charge in [-0.3, -0.25) is 4.79 Å². The van der Waals surface area contributed by atoms with Gasteiger partial charge in [0.1, 0.15) is 0 Å². The first-order valence-electron chi connectivity index (χ1n) is 7.91. The third-order valence-electron chi connectivity index (χ3n) is 4.16. The highest BCUT2D eigenvalue weighted by molar-refractivity contribution is 6.34. The summed E-state index contributed by atoms with van der Waals surface area (Å²) in [7, 11) is 0. The maximum atomic E-state index is 12.3. The number of aryl methyl sites for hydroxylation is 1. The Kier molecular flexibility index (Phi) is 4.53. The number of nitrogens with one attached hydrogen (secondary N) is 1. The van der Waals surface area contributed by atoms with Gasteiger partial charge in [0, 0.05) is 22.7 Å². The third-order valence-corrected chi connectivity index (χ3v) is 4.35. The first-order chi connectivity index (χ1) is 11.1. The lowest BCUT2D eigenvalue weighted by atomic mass is 9.98. The van der Waals surface area contributed by atoms with Crippen molar-refractivity contribution in [2.45, 2.75) is 26.2 Å². The highest BCUT2D eigenvalue weighted by atomic mass is 35.5. The number of fused-ring (bicyclic) bond motifs is 1. The summed E-state index contributed by atoms with van der Waals surface area (Å²) in [5.74, 6) is 1.04. The van der Waals surface area contributed by atoms with Crippen LogP contribution in [-0.4, -0.2) is 11.8 Å². The van der Waals surface area contributed by atoms with Crippen molar-refractivity contribution in [2.24, 2.45) is 0 Å². The van der Waals surface area contributed by atoms with Gasteiger partial charge in [-0.1, -0.05) is 44.2 Å². The van der Waals surface area contributed by atoms with E-state index in [0.29, 0.717) is 17.4 Å². The SMILES string of the molecule is CC(C)c1ccc(C=C2C(=O)Nc3ccc(CCCl)cc32)cc1. The Hall–Kier alpha value is -2.06. The summed E-state index contributed by atoms with van der Waals surface area (Å²) in [6, 6.07) is 14.4. The third kappa shape index (κ3) is 3.32. The zero-order valence-corrected chi connectivity index (χ0v) is 14.2.